The lowest BCUT2D eigenvalue weighted by Crippen LogP contribution is -2.40. The summed E-state index contributed by atoms with van der Waals surface area (Å²) in [6.07, 6.45) is 4.45. The smallest absolute Gasteiger partial charge is 0.370 e. The Bertz CT molecular complexity index is 861. The molecule has 0 saturated carbocycles. The van der Waals surface area contributed by atoms with Gasteiger partial charge in [0.15, 0.2) is 0 Å². The Morgan fingerprint density at radius 3 is 2.57 bits per heavy atom. The first-order valence-electron chi connectivity index (χ1n) is 10.5. The molecule has 0 fully saturated rings. The van der Waals surface area contributed by atoms with Crippen LogP contribution in [0.4, 0.5) is 17.3 Å². The third kappa shape index (κ3) is 6.95. The summed E-state index contributed by atoms with van der Waals surface area (Å²) in [5.41, 5.74) is 3.04. The third-order valence-electron chi connectivity index (χ3n) is 5.03. The summed E-state index contributed by atoms with van der Waals surface area (Å²) in [6, 6.07) is 6.19. The molecule has 0 aliphatic heterocycles. The number of benzene rings is 1. The van der Waals surface area contributed by atoms with Gasteiger partial charge in [0.1, 0.15) is 5.69 Å². The molecule has 1 aromatic heterocycles. The number of aryl methyl sites for hydroxylation is 3. The van der Waals surface area contributed by atoms with Crippen molar-refractivity contribution >= 4 is 23.2 Å². The van der Waals surface area contributed by atoms with Gasteiger partial charge in [-0.2, -0.15) is 0 Å². The minimum absolute atomic E-state index is 0.111. The minimum Gasteiger partial charge on any atom is -0.370 e. The second-order valence-electron chi connectivity index (χ2n) is 8.68. The van der Waals surface area contributed by atoms with E-state index in [2.05, 4.69) is 60.6 Å². The largest absolute Gasteiger partial charge is 0.421 e. The lowest BCUT2D eigenvalue weighted by molar-refractivity contribution is -0.869. The van der Waals surface area contributed by atoms with E-state index in [0.29, 0.717) is 13.0 Å². The molecule has 0 radical (unpaired) electrons. The summed E-state index contributed by atoms with van der Waals surface area (Å²) in [6.45, 7) is 7.27. The van der Waals surface area contributed by atoms with Crippen LogP contribution in [-0.4, -0.2) is 62.3 Å². The van der Waals surface area contributed by atoms with Gasteiger partial charge in [-0.3, -0.25) is 4.79 Å². The Morgan fingerprint density at radius 1 is 1.27 bits per heavy atom. The zero-order valence-electron chi connectivity index (χ0n) is 19.5. The van der Waals surface area contributed by atoms with Crippen LogP contribution in [-0.2, 0) is 18.9 Å². The number of carbonyl (C=O) groups excluding carboxylic acids is 1. The highest BCUT2D eigenvalue weighted by molar-refractivity contribution is 5.76. The van der Waals surface area contributed by atoms with E-state index in [1.54, 1.807) is 0 Å². The second-order valence-corrected chi connectivity index (χ2v) is 8.68. The summed E-state index contributed by atoms with van der Waals surface area (Å²) >= 11 is 0. The molecule has 0 saturated heterocycles. The Kier molecular flexibility index (Phi) is 8.11. The average molecular weight is 416 g/mol. The molecule has 0 bridgehead atoms. The zero-order chi connectivity index (χ0) is 22.3. The average Bonchev–Trinajstić information content (AvgIpc) is 3.00. The molecule has 0 spiro atoms. The van der Waals surface area contributed by atoms with Crippen molar-refractivity contribution in [3.8, 4) is 0 Å². The summed E-state index contributed by atoms with van der Waals surface area (Å²) in [5.74, 6) is 0.898. The van der Waals surface area contributed by atoms with Crippen LogP contribution in [0.5, 0.6) is 0 Å². The maximum absolute atomic E-state index is 12.0. The summed E-state index contributed by atoms with van der Waals surface area (Å²) < 4.78 is 4.65. The monoisotopic (exact) mass is 415 g/mol. The van der Waals surface area contributed by atoms with E-state index in [-0.39, 0.29) is 5.91 Å². The molecule has 1 heterocycles. The van der Waals surface area contributed by atoms with Crippen LogP contribution < -0.4 is 14.8 Å². The lowest BCUT2D eigenvalue weighted by Gasteiger charge is -2.25. The Hall–Kier alpha value is -2.74. The number of hydrogen-bond acceptors (Lipinski definition) is 4. The van der Waals surface area contributed by atoms with Crippen molar-refractivity contribution in [2.75, 3.05) is 52.2 Å². The van der Waals surface area contributed by atoms with Crippen LogP contribution in [0.3, 0.4) is 0 Å². The van der Waals surface area contributed by atoms with Crippen molar-refractivity contribution in [2.24, 2.45) is 24.3 Å². The predicted octanol–water partition coefficient (Wildman–Crippen LogP) is 2.61. The van der Waals surface area contributed by atoms with Crippen LogP contribution >= 0.6 is 0 Å². The van der Waals surface area contributed by atoms with Gasteiger partial charge in [-0.25, -0.2) is 9.13 Å². The second kappa shape index (κ2) is 10.3. The van der Waals surface area contributed by atoms with Crippen LogP contribution in [0.2, 0.25) is 0 Å². The van der Waals surface area contributed by atoms with Gasteiger partial charge in [0.25, 0.3) is 0 Å². The fourth-order valence-electron chi connectivity index (χ4n) is 3.10. The fourth-order valence-corrected chi connectivity index (χ4v) is 3.10. The van der Waals surface area contributed by atoms with E-state index < -0.39 is 0 Å². The number of carbonyl (C=O) groups is 1. The van der Waals surface area contributed by atoms with Crippen LogP contribution in [0.25, 0.3) is 0 Å². The van der Waals surface area contributed by atoms with E-state index in [0.717, 1.165) is 47.0 Å². The van der Waals surface area contributed by atoms with E-state index in [4.69, 9.17) is 0 Å². The first-order chi connectivity index (χ1) is 14.1. The molecule has 8 heteroatoms. The predicted molar refractivity (Wildman–Crippen MR) is 120 cm³/mol. The summed E-state index contributed by atoms with van der Waals surface area (Å²) in [5, 5.41) is 11.8. The SMILES string of the molecule is CCN(CCNC(=O)CC[N+](C)(C)C)c1ccc(N=Nc2n(C)cc[n+]2C)c(C)c1. The molecule has 30 heavy (non-hydrogen) atoms. The van der Waals surface area contributed by atoms with Crippen LogP contribution in [0.1, 0.15) is 18.9 Å². The first kappa shape index (κ1) is 23.5. The van der Waals surface area contributed by atoms with Gasteiger partial charge in [-0.15, -0.1) is 0 Å². The molecule has 8 nitrogen and oxygen atoms in total. The molecule has 0 atom stereocenters. The molecular formula is C22H37N7O+2. The van der Waals surface area contributed by atoms with Gasteiger partial charge in [-0.05, 0) is 37.6 Å². The number of likely N-dealkylation sites (N-methyl/N-ethyl adjacent to an activating group) is 1. The van der Waals surface area contributed by atoms with Gasteiger partial charge in [-0.1, -0.05) is 5.11 Å². The molecule has 1 aromatic carbocycles. The van der Waals surface area contributed by atoms with Gasteiger partial charge in [0.05, 0.1) is 60.6 Å². The quantitative estimate of drug-likeness (QED) is 0.368. The van der Waals surface area contributed by atoms with Crippen molar-refractivity contribution < 1.29 is 13.8 Å². The van der Waals surface area contributed by atoms with Gasteiger partial charge >= 0.3 is 5.95 Å². The number of imidazole rings is 1. The lowest BCUT2D eigenvalue weighted by atomic mass is 10.1. The molecule has 1 N–H and O–H groups in total. The Balaban J connectivity index is 1.95. The molecule has 0 aliphatic carbocycles. The van der Waals surface area contributed by atoms with Crippen molar-refractivity contribution in [3.05, 3.63) is 36.2 Å². The molecule has 2 aromatic rings. The minimum atomic E-state index is 0.111. The number of anilines is 1. The maximum Gasteiger partial charge on any atom is 0.421 e. The highest BCUT2D eigenvalue weighted by Gasteiger charge is 2.13. The van der Waals surface area contributed by atoms with Crippen LogP contribution in [0.15, 0.2) is 40.8 Å². The number of aromatic nitrogens is 2. The molecule has 164 valence electrons. The number of nitrogens with one attached hydrogen (secondary N) is 1. The summed E-state index contributed by atoms with van der Waals surface area (Å²) in [4.78, 5) is 14.3. The molecule has 0 unspecified atom stereocenters. The molecule has 2 rings (SSSR count). The zero-order valence-corrected chi connectivity index (χ0v) is 19.5. The van der Waals surface area contributed by atoms with Crippen molar-refractivity contribution in [2.45, 2.75) is 20.3 Å². The third-order valence-corrected chi connectivity index (χ3v) is 5.03. The van der Waals surface area contributed by atoms with Crippen molar-refractivity contribution in [1.82, 2.24) is 9.88 Å². The topological polar surface area (TPSA) is 65.9 Å². The van der Waals surface area contributed by atoms with Crippen LogP contribution in [0, 0.1) is 6.92 Å². The number of nitrogens with zero attached hydrogens (tertiary/aromatic N) is 6. The number of hydrogen-bond donors (Lipinski definition) is 1. The van der Waals surface area contributed by atoms with Crippen molar-refractivity contribution in [3.63, 3.8) is 0 Å². The van der Waals surface area contributed by atoms with Gasteiger partial charge < -0.3 is 14.7 Å². The Labute approximate surface area is 180 Å². The highest BCUT2D eigenvalue weighted by Crippen LogP contribution is 2.26. The van der Waals surface area contributed by atoms with Crippen molar-refractivity contribution in [1.29, 1.82) is 0 Å². The Morgan fingerprint density at radius 2 is 2.00 bits per heavy atom. The number of azo groups is 1. The first-order valence-corrected chi connectivity index (χ1v) is 10.5. The number of rotatable bonds is 10. The molecular weight excluding hydrogens is 378 g/mol. The molecule has 0 aliphatic rings. The van der Waals surface area contributed by atoms with Gasteiger partial charge in [0, 0.05) is 30.4 Å². The van der Waals surface area contributed by atoms with E-state index >= 15 is 0 Å². The van der Waals surface area contributed by atoms with Gasteiger partial charge in [0.2, 0.25) is 5.91 Å². The standard InChI is InChI=1S/C22H36N7O/c1-8-28(13-12-23-21(30)11-16-29(5,6)7)19-9-10-20(18(2)17-19)24-25-22-26(3)14-15-27(22)4/h9-10,14-15,17H,8,11-13,16H2,1-7H3/q+1/p+1. The summed E-state index contributed by atoms with van der Waals surface area (Å²) in [7, 11) is 10.2. The fraction of sp³-hybridized carbons (Fsp3) is 0.545. The van der Waals surface area contributed by atoms with E-state index in [9.17, 15) is 4.79 Å². The number of quaternary nitrogens is 1. The van der Waals surface area contributed by atoms with E-state index in [1.807, 2.05) is 48.6 Å². The highest BCUT2D eigenvalue weighted by atomic mass is 16.1. The maximum atomic E-state index is 12.0. The number of amides is 1. The normalized spacial score (nSPS) is 11.8. The molecule has 1 amide bonds. The van der Waals surface area contributed by atoms with E-state index in [1.165, 1.54) is 0 Å².